The molecule has 4 N–H and O–H groups in total. The number of nitrogens with one attached hydrogen (secondary N) is 2. The third kappa shape index (κ3) is 4.03. The van der Waals surface area contributed by atoms with Gasteiger partial charge in [0.2, 0.25) is 5.91 Å². The third-order valence-electron chi connectivity index (χ3n) is 1.71. The summed E-state index contributed by atoms with van der Waals surface area (Å²) < 4.78 is 0. The summed E-state index contributed by atoms with van der Waals surface area (Å²) in [5, 5.41) is 9.38. The molecule has 1 unspecified atom stereocenters. The lowest BCUT2D eigenvalue weighted by Gasteiger charge is -2.10. The number of thioether (sulfide) groups is 1. The van der Waals surface area contributed by atoms with E-state index in [-0.39, 0.29) is 16.3 Å². The predicted octanol–water partition coefficient (Wildman–Crippen LogP) is 1.64. The van der Waals surface area contributed by atoms with E-state index < -0.39 is 0 Å². The number of rotatable bonds is 3. The Balaban J connectivity index is 2.52. The van der Waals surface area contributed by atoms with Gasteiger partial charge in [-0.3, -0.25) is 10.2 Å². The summed E-state index contributed by atoms with van der Waals surface area (Å²) in [4.78, 5) is 11.6. The van der Waals surface area contributed by atoms with Crippen molar-refractivity contribution in [2.24, 2.45) is 5.73 Å². The maximum atomic E-state index is 11.6. The number of hydrogen-bond donors (Lipinski definition) is 3. The van der Waals surface area contributed by atoms with Crippen LogP contribution in [0.25, 0.3) is 0 Å². The highest BCUT2D eigenvalue weighted by Crippen LogP contribution is 2.12. The summed E-state index contributed by atoms with van der Waals surface area (Å²) in [7, 11) is 0. The van der Waals surface area contributed by atoms with Gasteiger partial charge in [0.15, 0.2) is 5.17 Å². The first-order valence-electron chi connectivity index (χ1n) is 4.46. The zero-order valence-electron chi connectivity index (χ0n) is 8.36. The highest BCUT2D eigenvalue weighted by molar-refractivity contribution is 8.14. The fourth-order valence-electron chi connectivity index (χ4n) is 1.01. The third-order valence-corrected chi connectivity index (χ3v) is 2.54. The minimum absolute atomic E-state index is 0.0503. The molecule has 0 aromatic heterocycles. The number of hydrogen-bond acceptors (Lipinski definition) is 3. The Morgan fingerprint density at radius 1 is 1.47 bits per heavy atom. The van der Waals surface area contributed by atoms with E-state index in [9.17, 15) is 4.79 Å². The molecule has 0 fully saturated rings. The van der Waals surface area contributed by atoms with Crippen molar-refractivity contribution in [2.45, 2.75) is 12.2 Å². The van der Waals surface area contributed by atoms with Gasteiger partial charge >= 0.3 is 0 Å². The molecule has 1 aromatic rings. The van der Waals surface area contributed by atoms with E-state index in [1.807, 2.05) is 30.3 Å². The van der Waals surface area contributed by atoms with Gasteiger partial charge in [-0.2, -0.15) is 0 Å². The smallest absolute Gasteiger partial charge is 0.237 e. The molecule has 4 nitrogen and oxygen atoms in total. The summed E-state index contributed by atoms with van der Waals surface area (Å²) in [5.74, 6) is -0.151. The molecule has 0 aliphatic heterocycles. The van der Waals surface area contributed by atoms with Crippen LogP contribution in [0, 0.1) is 5.41 Å². The minimum Gasteiger partial charge on any atom is -0.379 e. The van der Waals surface area contributed by atoms with Crippen molar-refractivity contribution in [2.75, 3.05) is 5.32 Å². The van der Waals surface area contributed by atoms with Crippen molar-refractivity contribution >= 4 is 28.5 Å². The Kier molecular flexibility index (Phi) is 4.17. The van der Waals surface area contributed by atoms with Crippen molar-refractivity contribution in [3.63, 3.8) is 0 Å². The molecule has 5 heteroatoms. The highest BCUT2D eigenvalue weighted by atomic mass is 32.2. The van der Waals surface area contributed by atoms with Crippen LogP contribution in [0.2, 0.25) is 0 Å². The van der Waals surface area contributed by atoms with Crippen molar-refractivity contribution in [1.29, 1.82) is 5.41 Å². The Morgan fingerprint density at radius 2 is 2.07 bits per heavy atom. The number of nitrogens with two attached hydrogens (primary N) is 1. The van der Waals surface area contributed by atoms with Crippen molar-refractivity contribution in [1.82, 2.24) is 0 Å². The molecule has 0 aliphatic rings. The van der Waals surface area contributed by atoms with Gasteiger partial charge in [0.05, 0.1) is 5.25 Å². The first kappa shape index (κ1) is 11.6. The van der Waals surface area contributed by atoms with Gasteiger partial charge < -0.3 is 11.1 Å². The summed E-state index contributed by atoms with van der Waals surface area (Å²) in [5.41, 5.74) is 5.94. The average molecular weight is 223 g/mol. The van der Waals surface area contributed by atoms with Crippen LogP contribution >= 0.6 is 11.8 Å². The molecule has 1 amide bonds. The molecule has 1 rings (SSSR count). The summed E-state index contributed by atoms with van der Waals surface area (Å²) >= 11 is 1.03. The molecule has 0 saturated carbocycles. The maximum absolute atomic E-state index is 11.6. The van der Waals surface area contributed by atoms with Crippen molar-refractivity contribution in [3.8, 4) is 0 Å². The summed E-state index contributed by atoms with van der Waals surface area (Å²) in [6.45, 7) is 1.71. The number of benzene rings is 1. The van der Waals surface area contributed by atoms with Gasteiger partial charge in [-0.25, -0.2) is 0 Å². The SMILES string of the molecule is CC(SC(=N)N)C(=O)Nc1ccccc1. The number of amides is 1. The van der Waals surface area contributed by atoms with Crippen molar-refractivity contribution in [3.05, 3.63) is 30.3 Å². The molecule has 0 bridgehead atoms. The standard InChI is InChI=1S/C10H13N3OS/c1-7(15-10(11)12)9(14)13-8-5-3-2-4-6-8/h2-7H,1H3,(H3,11,12)(H,13,14). The fourth-order valence-corrected chi connectivity index (χ4v) is 1.56. The van der Waals surface area contributed by atoms with Crippen LogP contribution in [0.1, 0.15) is 6.92 Å². The van der Waals surface area contributed by atoms with Crippen LogP contribution in [-0.2, 0) is 4.79 Å². The predicted molar refractivity (Wildman–Crippen MR) is 64.0 cm³/mol. The van der Waals surface area contributed by atoms with Gasteiger partial charge in [-0.05, 0) is 19.1 Å². The van der Waals surface area contributed by atoms with Crippen LogP contribution in [0.15, 0.2) is 30.3 Å². The Morgan fingerprint density at radius 3 is 2.60 bits per heavy atom. The first-order valence-corrected chi connectivity index (χ1v) is 5.34. The van der Waals surface area contributed by atoms with E-state index in [1.165, 1.54) is 0 Å². The lowest BCUT2D eigenvalue weighted by atomic mass is 10.3. The molecule has 0 saturated heterocycles. The number of anilines is 1. The fraction of sp³-hybridized carbons (Fsp3) is 0.200. The summed E-state index contributed by atoms with van der Waals surface area (Å²) in [6.07, 6.45) is 0. The number of amidine groups is 1. The van der Waals surface area contributed by atoms with Crippen LogP contribution in [-0.4, -0.2) is 16.3 Å². The lowest BCUT2D eigenvalue weighted by Crippen LogP contribution is -2.25. The van der Waals surface area contributed by atoms with E-state index in [4.69, 9.17) is 11.1 Å². The number of carbonyl (C=O) groups is 1. The Labute approximate surface area is 92.8 Å². The molecule has 80 valence electrons. The summed E-state index contributed by atoms with van der Waals surface area (Å²) in [6, 6.07) is 9.19. The molecular formula is C10H13N3OS. The molecule has 0 spiro atoms. The second-order valence-corrected chi connectivity index (χ2v) is 4.36. The van der Waals surface area contributed by atoms with Crippen LogP contribution < -0.4 is 11.1 Å². The Bertz CT molecular complexity index is 353. The normalized spacial score (nSPS) is 11.8. The van der Waals surface area contributed by atoms with Crippen LogP contribution in [0.4, 0.5) is 5.69 Å². The van der Waals surface area contributed by atoms with E-state index in [0.717, 1.165) is 17.4 Å². The van der Waals surface area contributed by atoms with E-state index in [0.29, 0.717) is 0 Å². The van der Waals surface area contributed by atoms with Crippen LogP contribution in [0.5, 0.6) is 0 Å². The minimum atomic E-state index is -0.359. The molecule has 15 heavy (non-hydrogen) atoms. The van der Waals surface area contributed by atoms with E-state index in [2.05, 4.69) is 5.32 Å². The molecule has 0 radical (unpaired) electrons. The van der Waals surface area contributed by atoms with E-state index in [1.54, 1.807) is 6.92 Å². The first-order chi connectivity index (χ1) is 7.09. The van der Waals surface area contributed by atoms with Crippen LogP contribution in [0.3, 0.4) is 0 Å². The van der Waals surface area contributed by atoms with Gasteiger partial charge in [0.25, 0.3) is 0 Å². The van der Waals surface area contributed by atoms with Crippen molar-refractivity contribution < 1.29 is 4.79 Å². The van der Waals surface area contributed by atoms with E-state index >= 15 is 0 Å². The monoisotopic (exact) mass is 223 g/mol. The topological polar surface area (TPSA) is 79.0 Å². The lowest BCUT2D eigenvalue weighted by molar-refractivity contribution is -0.115. The quantitative estimate of drug-likeness (QED) is 0.538. The number of para-hydroxylation sites is 1. The number of carbonyl (C=O) groups excluding carboxylic acids is 1. The molecule has 0 aliphatic carbocycles. The Hall–Kier alpha value is -1.49. The maximum Gasteiger partial charge on any atom is 0.237 e. The molecule has 1 atom stereocenters. The van der Waals surface area contributed by atoms with Gasteiger partial charge in [0.1, 0.15) is 0 Å². The van der Waals surface area contributed by atoms with Gasteiger partial charge in [-0.15, -0.1) is 0 Å². The van der Waals surface area contributed by atoms with Gasteiger partial charge in [0, 0.05) is 5.69 Å². The second-order valence-electron chi connectivity index (χ2n) is 2.98. The highest BCUT2D eigenvalue weighted by Gasteiger charge is 2.14. The average Bonchev–Trinajstić information content (AvgIpc) is 2.18. The largest absolute Gasteiger partial charge is 0.379 e. The molecular weight excluding hydrogens is 210 g/mol. The molecule has 0 heterocycles. The molecule has 1 aromatic carbocycles. The zero-order valence-corrected chi connectivity index (χ0v) is 9.17. The zero-order chi connectivity index (χ0) is 11.3. The second kappa shape index (κ2) is 5.41. The van der Waals surface area contributed by atoms with Gasteiger partial charge in [-0.1, -0.05) is 30.0 Å².